The summed E-state index contributed by atoms with van der Waals surface area (Å²) in [6, 6.07) is 4.39. The first kappa shape index (κ1) is 15.0. The smallest absolute Gasteiger partial charge is 0.338 e. The van der Waals surface area contributed by atoms with Gasteiger partial charge in [-0.2, -0.15) is 0 Å². The standard InChI is InChI=1S/C15H19N3O3/c1-9(2)8-21-14(19)12-10(3)17-15(20)18-13(12)11-6-4-5-7-16-11/h4-7,9,13H,8H2,1-3H3,(H2,17,18,20). The van der Waals surface area contributed by atoms with E-state index in [1.54, 1.807) is 25.3 Å². The molecular formula is C15H19N3O3. The van der Waals surface area contributed by atoms with Gasteiger partial charge in [-0.05, 0) is 25.0 Å². The lowest BCUT2D eigenvalue weighted by Gasteiger charge is -2.27. The average molecular weight is 289 g/mol. The number of aromatic nitrogens is 1. The second-order valence-corrected chi connectivity index (χ2v) is 5.32. The average Bonchev–Trinajstić information content (AvgIpc) is 2.45. The van der Waals surface area contributed by atoms with E-state index < -0.39 is 12.0 Å². The Balaban J connectivity index is 2.30. The molecule has 0 saturated carbocycles. The Morgan fingerprint density at radius 3 is 2.81 bits per heavy atom. The number of nitrogens with one attached hydrogen (secondary N) is 2. The minimum absolute atomic E-state index is 0.245. The second-order valence-electron chi connectivity index (χ2n) is 5.32. The lowest BCUT2D eigenvalue weighted by Crippen LogP contribution is -2.45. The van der Waals surface area contributed by atoms with Crippen LogP contribution in [0.2, 0.25) is 0 Å². The molecule has 1 aliphatic rings. The number of allylic oxidation sites excluding steroid dienone is 1. The van der Waals surface area contributed by atoms with Crippen molar-refractivity contribution in [2.45, 2.75) is 26.8 Å². The Kier molecular flexibility index (Phi) is 4.57. The van der Waals surface area contributed by atoms with Crippen molar-refractivity contribution in [3.8, 4) is 0 Å². The van der Waals surface area contributed by atoms with Crippen molar-refractivity contribution in [2.75, 3.05) is 6.61 Å². The van der Waals surface area contributed by atoms with Gasteiger partial charge in [-0.3, -0.25) is 4.98 Å². The molecule has 0 fully saturated rings. The molecule has 6 nitrogen and oxygen atoms in total. The molecule has 0 spiro atoms. The summed E-state index contributed by atoms with van der Waals surface area (Å²) in [4.78, 5) is 28.2. The van der Waals surface area contributed by atoms with Crippen LogP contribution in [0.25, 0.3) is 0 Å². The molecule has 0 aliphatic carbocycles. The van der Waals surface area contributed by atoms with Gasteiger partial charge in [-0.25, -0.2) is 9.59 Å². The van der Waals surface area contributed by atoms with Gasteiger partial charge in [0.2, 0.25) is 0 Å². The van der Waals surface area contributed by atoms with Crippen molar-refractivity contribution < 1.29 is 14.3 Å². The van der Waals surface area contributed by atoms with Gasteiger partial charge in [-0.15, -0.1) is 0 Å². The highest BCUT2D eigenvalue weighted by molar-refractivity contribution is 5.94. The molecule has 2 rings (SSSR count). The molecule has 0 aromatic carbocycles. The minimum atomic E-state index is -0.598. The van der Waals surface area contributed by atoms with Crippen LogP contribution < -0.4 is 10.6 Å². The van der Waals surface area contributed by atoms with Crippen LogP contribution in [-0.2, 0) is 9.53 Å². The van der Waals surface area contributed by atoms with Crippen LogP contribution in [0.15, 0.2) is 35.7 Å². The molecule has 0 bridgehead atoms. The second kappa shape index (κ2) is 6.39. The molecule has 1 unspecified atom stereocenters. The highest BCUT2D eigenvalue weighted by Gasteiger charge is 2.32. The van der Waals surface area contributed by atoms with Gasteiger partial charge in [0.15, 0.2) is 0 Å². The lowest BCUT2D eigenvalue weighted by molar-refractivity contribution is -0.140. The number of ether oxygens (including phenoxy) is 1. The lowest BCUT2D eigenvalue weighted by atomic mass is 9.99. The minimum Gasteiger partial charge on any atom is -0.462 e. The molecule has 0 radical (unpaired) electrons. The van der Waals surface area contributed by atoms with E-state index in [9.17, 15) is 9.59 Å². The van der Waals surface area contributed by atoms with Crippen molar-refractivity contribution in [1.29, 1.82) is 0 Å². The first-order chi connectivity index (χ1) is 9.99. The van der Waals surface area contributed by atoms with Crippen LogP contribution in [0, 0.1) is 5.92 Å². The fourth-order valence-electron chi connectivity index (χ4n) is 2.05. The fourth-order valence-corrected chi connectivity index (χ4v) is 2.05. The Bertz CT molecular complexity index is 567. The molecule has 6 heteroatoms. The topological polar surface area (TPSA) is 80.3 Å². The van der Waals surface area contributed by atoms with E-state index in [0.29, 0.717) is 23.6 Å². The summed E-state index contributed by atoms with van der Waals surface area (Å²) < 4.78 is 5.28. The van der Waals surface area contributed by atoms with Crippen molar-refractivity contribution in [3.05, 3.63) is 41.4 Å². The number of hydrogen-bond donors (Lipinski definition) is 2. The number of carbonyl (C=O) groups excluding carboxylic acids is 2. The number of esters is 1. The van der Waals surface area contributed by atoms with Gasteiger partial charge in [0.1, 0.15) is 6.04 Å². The summed E-state index contributed by atoms with van der Waals surface area (Å²) in [7, 11) is 0. The number of urea groups is 1. The van der Waals surface area contributed by atoms with E-state index in [4.69, 9.17) is 4.74 Å². The molecule has 112 valence electrons. The van der Waals surface area contributed by atoms with Gasteiger partial charge in [0.05, 0.1) is 17.9 Å². The van der Waals surface area contributed by atoms with E-state index in [2.05, 4.69) is 15.6 Å². The summed E-state index contributed by atoms with van der Waals surface area (Å²) in [5.74, 6) is -0.196. The molecule has 2 heterocycles. The highest BCUT2D eigenvalue weighted by atomic mass is 16.5. The monoisotopic (exact) mass is 289 g/mol. The fraction of sp³-hybridized carbons (Fsp3) is 0.400. The number of carbonyl (C=O) groups is 2. The number of amides is 2. The van der Waals surface area contributed by atoms with Crippen LogP contribution in [0.1, 0.15) is 32.5 Å². The zero-order chi connectivity index (χ0) is 15.4. The Hall–Kier alpha value is -2.37. The predicted octanol–water partition coefficient (Wildman–Crippen LogP) is 1.91. The van der Waals surface area contributed by atoms with Crippen molar-refractivity contribution in [3.63, 3.8) is 0 Å². The maximum absolute atomic E-state index is 12.3. The first-order valence-electron chi connectivity index (χ1n) is 6.85. The van der Waals surface area contributed by atoms with Crippen LogP contribution in [0.4, 0.5) is 4.79 Å². The van der Waals surface area contributed by atoms with Gasteiger partial charge in [0.25, 0.3) is 0 Å². The molecule has 0 saturated heterocycles. The molecule has 2 amide bonds. The number of nitrogens with zero attached hydrogens (tertiary/aromatic N) is 1. The molecule has 2 N–H and O–H groups in total. The number of hydrogen-bond acceptors (Lipinski definition) is 4. The van der Waals surface area contributed by atoms with E-state index in [1.807, 2.05) is 19.9 Å². The zero-order valence-corrected chi connectivity index (χ0v) is 12.3. The summed E-state index contributed by atoms with van der Waals surface area (Å²) in [6.45, 7) is 5.94. The summed E-state index contributed by atoms with van der Waals surface area (Å²) in [5, 5.41) is 5.31. The van der Waals surface area contributed by atoms with Crippen LogP contribution in [0.3, 0.4) is 0 Å². The maximum Gasteiger partial charge on any atom is 0.338 e. The van der Waals surface area contributed by atoms with Gasteiger partial charge >= 0.3 is 12.0 Å². The summed E-state index contributed by atoms with van der Waals surface area (Å²) in [6.07, 6.45) is 1.62. The Morgan fingerprint density at radius 2 is 2.19 bits per heavy atom. The van der Waals surface area contributed by atoms with Crippen molar-refractivity contribution in [2.24, 2.45) is 5.92 Å². The first-order valence-corrected chi connectivity index (χ1v) is 6.85. The molecule has 1 aromatic rings. The molecule has 1 aliphatic heterocycles. The van der Waals surface area contributed by atoms with E-state index in [1.165, 1.54) is 0 Å². The van der Waals surface area contributed by atoms with Crippen LogP contribution in [-0.4, -0.2) is 23.6 Å². The molecule has 1 atom stereocenters. The maximum atomic E-state index is 12.3. The van der Waals surface area contributed by atoms with Crippen molar-refractivity contribution in [1.82, 2.24) is 15.6 Å². The quantitative estimate of drug-likeness (QED) is 0.830. The SMILES string of the molecule is CC1=C(C(=O)OCC(C)C)C(c2ccccn2)NC(=O)N1. The third kappa shape index (κ3) is 3.59. The molecule has 21 heavy (non-hydrogen) atoms. The Morgan fingerprint density at radius 1 is 1.43 bits per heavy atom. The predicted molar refractivity (Wildman–Crippen MR) is 77.1 cm³/mol. The van der Waals surface area contributed by atoms with Crippen LogP contribution >= 0.6 is 0 Å². The third-order valence-corrected chi connectivity index (χ3v) is 3.02. The van der Waals surface area contributed by atoms with E-state index >= 15 is 0 Å². The molecular weight excluding hydrogens is 270 g/mol. The summed E-state index contributed by atoms with van der Waals surface area (Å²) >= 11 is 0. The zero-order valence-electron chi connectivity index (χ0n) is 12.3. The molecule has 1 aromatic heterocycles. The third-order valence-electron chi connectivity index (χ3n) is 3.02. The summed E-state index contributed by atoms with van der Waals surface area (Å²) in [5.41, 5.74) is 1.47. The Labute approximate surface area is 123 Å². The largest absolute Gasteiger partial charge is 0.462 e. The van der Waals surface area contributed by atoms with Gasteiger partial charge in [-0.1, -0.05) is 19.9 Å². The highest BCUT2D eigenvalue weighted by Crippen LogP contribution is 2.26. The number of pyridine rings is 1. The van der Waals surface area contributed by atoms with Crippen molar-refractivity contribution >= 4 is 12.0 Å². The van der Waals surface area contributed by atoms with Gasteiger partial charge < -0.3 is 15.4 Å². The van der Waals surface area contributed by atoms with E-state index in [0.717, 1.165) is 0 Å². The normalized spacial score (nSPS) is 18.3. The van der Waals surface area contributed by atoms with E-state index in [-0.39, 0.29) is 11.9 Å². The number of rotatable bonds is 4. The van der Waals surface area contributed by atoms with Crippen LogP contribution in [0.5, 0.6) is 0 Å². The van der Waals surface area contributed by atoms with Gasteiger partial charge in [0, 0.05) is 11.9 Å².